The van der Waals surface area contributed by atoms with Gasteiger partial charge in [0.15, 0.2) is 11.5 Å². The van der Waals surface area contributed by atoms with Gasteiger partial charge in [-0.2, -0.15) is 0 Å². The Morgan fingerprint density at radius 3 is 2.69 bits per heavy atom. The number of nitrogens with zero attached hydrogens (tertiary/aromatic N) is 5. The first-order valence-corrected chi connectivity index (χ1v) is 8.18. The number of aromatic nitrogens is 6. The highest BCUT2D eigenvalue weighted by Gasteiger charge is 2.14. The summed E-state index contributed by atoms with van der Waals surface area (Å²) in [6.45, 7) is 2.01. The molecule has 4 heterocycles. The molecule has 0 amide bonds. The molecule has 0 aliphatic rings. The first-order valence-electron chi connectivity index (χ1n) is 8.18. The van der Waals surface area contributed by atoms with E-state index in [0.29, 0.717) is 17.0 Å². The van der Waals surface area contributed by atoms with Crippen molar-refractivity contribution in [1.82, 2.24) is 28.9 Å². The number of nitrogens with one attached hydrogen (secondary N) is 1. The SMILES string of the molecule is Cc1ccc(-n2c(=O)[nH]c3cnc(-c4cnc5ccccn45)nc32)cc1. The molecule has 7 heteroatoms. The lowest BCUT2D eigenvalue weighted by atomic mass is 10.2. The van der Waals surface area contributed by atoms with Crippen LogP contribution in [0.4, 0.5) is 0 Å². The molecule has 1 aromatic carbocycles. The molecular weight excluding hydrogens is 328 g/mol. The Labute approximate surface area is 147 Å². The number of hydrogen-bond acceptors (Lipinski definition) is 4. The van der Waals surface area contributed by atoms with Crippen LogP contribution in [0.2, 0.25) is 0 Å². The molecule has 1 N–H and O–H groups in total. The van der Waals surface area contributed by atoms with Crippen LogP contribution in [0.3, 0.4) is 0 Å². The van der Waals surface area contributed by atoms with Crippen molar-refractivity contribution in [3.8, 4) is 17.2 Å². The largest absolute Gasteiger partial charge is 0.332 e. The molecule has 26 heavy (non-hydrogen) atoms. The molecule has 0 aliphatic heterocycles. The normalized spacial score (nSPS) is 11.4. The molecule has 0 spiro atoms. The number of H-pyrrole nitrogens is 1. The van der Waals surface area contributed by atoms with Crippen LogP contribution in [-0.4, -0.2) is 28.9 Å². The number of benzene rings is 1. The number of hydrogen-bond donors (Lipinski definition) is 1. The van der Waals surface area contributed by atoms with Crippen molar-refractivity contribution >= 4 is 16.8 Å². The molecule has 4 aromatic heterocycles. The average Bonchev–Trinajstić information content (AvgIpc) is 3.22. The van der Waals surface area contributed by atoms with Crippen LogP contribution < -0.4 is 5.69 Å². The van der Waals surface area contributed by atoms with E-state index in [9.17, 15) is 4.79 Å². The number of aromatic amines is 1. The quantitative estimate of drug-likeness (QED) is 0.535. The molecule has 0 radical (unpaired) electrons. The van der Waals surface area contributed by atoms with Gasteiger partial charge in [-0.15, -0.1) is 0 Å². The van der Waals surface area contributed by atoms with E-state index in [1.807, 2.05) is 60.0 Å². The Kier molecular flexibility index (Phi) is 3.02. The maximum atomic E-state index is 12.5. The lowest BCUT2D eigenvalue weighted by Crippen LogP contribution is -2.15. The van der Waals surface area contributed by atoms with Crippen LogP contribution in [0.25, 0.3) is 34.0 Å². The molecule has 0 unspecified atom stereocenters. The molecule has 126 valence electrons. The van der Waals surface area contributed by atoms with Crippen LogP contribution in [0.5, 0.6) is 0 Å². The standard InChI is InChI=1S/C19H14N6O/c1-12-5-7-13(8-6-12)25-18-14(22-19(25)26)10-21-17(23-18)15-11-20-16-4-2-3-9-24(15)16/h2-11H,1H3,(H,22,26). The van der Waals surface area contributed by atoms with Crippen molar-refractivity contribution in [2.75, 3.05) is 0 Å². The summed E-state index contributed by atoms with van der Waals surface area (Å²) in [5, 5.41) is 0. The van der Waals surface area contributed by atoms with E-state index in [4.69, 9.17) is 0 Å². The average molecular weight is 342 g/mol. The van der Waals surface area contributed by atoms with Crippen molar-refractivity contribution in [3.05, 3.63) is 77.1 Å². The van der Waals surface area contributed by atoms with E-state index < -0.39 is 0 Å². The highest BCUT2D eigenvalue weighted by molar-refractivity contribution is 5.74. The fourth-order valence-electron chi connectivity index (χ4n) is 3.05. The van der Waals surface area contributed by atoms with Gasteiger partial charge in [-0.3, -0.25) is 4.40 Å². The lowest BCUT2D eigenvalue weighted by molar-refractivity contribution is 0.995. The zero-order valence-corrected chi connectivity index (χ0v) is 13.9. The molecule has 0 bridgehead atoms. The Balaban J connectivity index is 1.76. The second kappa shape index (κ2) is 5.38. The first kappa shape index (κ1) is 14.6. The predicted octanol–water partition coefficient (Wildman–Crippen LogP) is 2.73. The van der Waals surface area contributed by atoms with Gasteiger partial charge in [0, 0.05) is 6.20 Å². The zero-order valence-electron chi connectivity index (χ0n) is 13.9. The van der Waals surface area contributed by atoms with Gasteiger partial charge < -0.3 is 4.98 Å². The van der Waals surface area contributed by atoms with Crippen molar-refractivity contribution in [1.29, 1.82) is 0 Å². The van der Waals surface area contributed by atoms with Crippen LogP contribution in [0.15, 0.2) is 65.8 Å². The fraction of sp³-hybridized carbons (Fsp3) is 0.0526. The third-order valence-corrected chi connectivity index (χ3v) is 4.36. The maximum absolute atomic E-state index is 12.5. The highest BCUT2D eigenvalue weighted by Crippen LogP contribution is 2.20. The minimum atomic E-state index is -0.242. The van der Waals surface area contributed by atoms with Crippen molar-refractivity contribution in [2.24, 2.45) is 0 Å². The van der Waals surface area contributed by atoms with Crippen LogP contribution in [0, 0.1) is 6.92 Å². The van der Waals surface area contributed by atoms with Gasteiger partial charge in [-0.05, 0) is 31.2 Å². The van der Waals surface area contributed by atoms with E-state index >= 15 is 0 Å². The molecule has 5 aromatic rings. The van der Waals surface area contributed by atoms with Gasteiger partial charge in [0.2, 0.25) is 0 Å². The summed E-state index contributed by atoms with van der Waals surface area (Å²) in [6.07, 6.45) is 5.28. The van der Waals surface area contributed by atoms with Gasteiger partial charge in [0.05, 0.1) is 18.1 Å². The van der Waals surface area contributed by atoms with Crippen LogP contribution >= 0.6 is 0 Å². The summed E-state index contributed by atoms with van der Waals surface area (Å²) < 4.78 is 3.48. The topological polar surface area (TPSA) is 80.9 Å². The zero-order chi connectivity index (χ0) is 17.7. The molecule has 0 fully saturated rings. The number of rotatable bonds is 2. The number of pyridine rings is 1. The molecule has 0 saturated heterocycles. The minimum absolute atomic E-state index is 0.242. The van der Waals surface area contributed by atoms with E-state index in [-0.39, 0.29) is 5.69 Å². The van der Waals surface area contributed by atoms with Gasteiger partial charge in [0.25, 0.3) is 0 Å². The van der Waals surface area contributed by atoms with Crippen molar-refractivity contribution < 1.29 is 0 Å². The Morgan fingerprint density at radius 1 is 1.00 bits per heavy atom. The predicted molar refractivity (Wildman–Crippen MR) is 98.4 cm³/mol. The van der Waals surface area contributed by atoms with Gasteiger partial charge in [-0.25, -0.2) is 24.3 Å². The Hall–Kier alpha value is -3.74. The maximum Gasteiger partial charge on any atom is 0.332 e. The summed E-state index contributed by atoms with van der Waals surface area (Å²) in [7, 11) is 0. The molecule has 0 atom stereocenters. The minimum Gasteiger partial charge on any atom is -0.303 e. The summed E-state index contributed by atoms with van der Waals surface area (Å²) in [6, 6.07) is 13.5. The summed E-state index contributed by atoms with van der Waals surface area (Å²) in [5.74, 6) is 0.510. The monoisotopic (exact) mass is 342 g/mol. The second-order valence-electron chi connectivity index (χ2n) is 6.10. The van der Waals surface area contributed by atoms with Gasteiger partial charge in [0.1, 0.15) is 16.9 Å². The van der Waals surface area contributed by atoms with Crippen molar-refractivity contribution in [2.45, 2.75) is 6.92 Å². The summed E-state index contributed by atoms with van der Waals surface area (Å²) >= 11 is 0. The summed E-state index contributed by atoms with van der Waals surface area (Å²) in [4.78, 5) is 28.7. The number of fused-ring (bicyclic) bond motifs is 2. The van der Waals surface area contributed by atoms with Crippen molar-refractivity contribution in [3.63, 3.8) is 0 Å². The third kappa shape index (κ3) is 2.14. The first-order chi connectivity index (χ1) is 12.7. The smallest absolute Gasteiger partial charge is 0.303 e. The molecule has 0 aliphatic carbocycles. The third-order valence-electron chi connectivity index (χ3n) is 4.36. The van der Waals surface area contributed by atoms with Gasteiger partial charge in [-0.1, -0.05) is 23.8 Å². The number of imidazole rings is 2. The van der Waals surface area contributed by atoms with E-state index in [1.165, 1.54) is 0 Å². The van der Waals surface area contributed by atoms with E-state index in [0.717, 1.165) is 22.6 Å². The summed E-state index contributed by atoms with van der Waals surface area (Å²) in [5.41, 5.74) is 4.36. The fourth-order valence-corrected chi connectivity index (χ4v) is 3.05. The molecule has 7 nitrogen and oxygen atoms in total. The van der Waals surface area contributed by atoms with E-state index in [2.05, 4.69) is 19.9 Å². The highest BCUT2D eigenvalue weighted by atomic mass is 16.1. The van der Waals surface area contributed by atoms with Crippen LogP contribution in [-0.2, 0) is 0 Å². The second-order valence-corrected chi connectivity index (χ2v) is 6.10. The molecule has 5 rings (SSSR count). The molecule has 0 saturated carbocycles. The lowest BCUT2D eigenvalue weighted by Gasteiger charge is -2.04. The Bertz CT molecular complexity index is 1310. The van der Waals surface area contributed by atoms with Crippen LogP contribution in [0.1, 0.15) is 5.56 Å². The number of aryl methyl sites for hydroxylation is 1. The molecular formula is C19H14N6O. The Morgan fingerprint density at radius 2 is 1.85 bits per heavy atom. The van der Waals surface area contributed by atoms with Gasteiger partial charge >= 0.3 is 5.69 Å². The van der Waals surface area contributed by atoms with E-state index in [1.54, 1.807) is 17.0 Å².